The maximum atomic E-state index is 5.81. The van der Waals surface area contributed by atoms with Crippen LogP contribution in [0.3, 0.4) is 0 Å². The van der Waals surface area contributed by atoms with Gasteiger partial charge in [0.1, 0.15) is 11.5 Å². The Bertz CT molecular complexity index is 360. The number of hydrogen-bond acceptors (Lipinski definition) is 3. The van der Waals surface area contributed by atoms with Crippen LogP contribution in [0.2, 0.25) is 0 Å². The van der Waals surface area contributed by atoms with E-state index in [1.165, 1.54) is 18.4 Å². The number of aryl methyl sites for hydroxylation is 1. The predicted molar refractivity (Wildman–Crippen MR) is 81.3 cm³/mol. The van der Waals surface area contributed by atoms with Gasteiger partial charge >= 0.3 is 0 Å². The van der Waals surface area contributed by atoms with Gasteiger partial charge in [0, 0.05) is 18.2 Å². The fraction of sp³-hybridized carbons (Fsp3) is 0.750. The fourth-order valence-electron chi connectivity index (χ4n) is 2.28. The average Bonchev–Trinajstić information content (AvgIpc) is 2.70. The topological polar surface area (TPSA) is 28.4 Å². The van der Waals surface area contributed by atoms with Crippen molar-refractivity contribution in [1.29, 1.82) is 0 Å². The van der Waals surface area contributed by atoms with E-state index in [1.54, 1.807) is 0 Å². The largest absolute Gasteiger partial charge is 0.465 e. The Labute approximate surface area is 118 Å². The van der Waals surface area contributed by atoms with Crippen molar-refractivity contribution in [3.8, 4) is 0 Å². The average molecular weight is 266 g/mol. The zero-order valence-corrected chi connectivity index (χ0v) is 13.3. The molecule has 0 aliphatic heterocycles. The zero-order valence-electron chi connectivity index (χ0n) is 13.3. The molecule has 0 aliphatic carbocycles. The van der Waals surface area contributed by atoms with Crippen LogP contribution in [-0.4, -0.2) is 24.5 Å². The third-order valence-electron chi connectivity index (χ3n) is 3.68. The first-order chi connectivity index (χ1) is 9.08. The van der Waals surface area contributed by atoms with E-state index < -0.39 is 0 Å². The lowest BCUT2D eigenvalue weighted by atomic mass is 10.1. The molecule has 0 saturated carbocycles. The van der Waals surface area contributed by atoms with Gasteiger partial charge < -0.3 is 9.73 Å². The highest BCUT2D eigenvalue weighted by atomic mass is 16.3. The molecule has 1 aromatic rings. The van der Waals surface area contributed by atoms with Crippen LogP contribution in [0.25, 0.3) is 0 Å². The fourth-order valence-corrected chi connectivity index (χ4v) is 2.28. The Hall–Kier alpha value is -0.800. The van der Waals surface area contributed by atoms with E-state index in [0.717, 1.165) is 37.6 Å². The van der Waals surface area contributed by atoms with E-state index in [2.05, 4.69) is 51.0 Å². The summed E-state index contributed by atoms with van der Waals surface area (Å²) < 4.78 is 5.81. The van der Waals surface area contributed by atoms with Gasteiger partial charge in [0.25, 0.3) is 0 Å². The van der Waals surface area contributed by atoms with Crippen LogP contribution in [0, 0.1) is 6.92 Å². The highest BCUT2D eigenvalue weighted by molar-refractivity contribution is 5.20. The lowest BCUT2D eigenvalue weighted by Crippen LogP contribution is -2.28. The minimum atomic E-state index is 0.626. The summed E-state index contributed by atoms with van der Waals surface area (Å²) in [7, 11) is 2.20. The molecule has 1 N–H and O–H groups in total. The van der Waals surface area contributed by atoms with Crippen LogP contribution >= 0.6 is 0 Å². The molecule has 3 nitrogen and oxygen atoms in total. The molecule has 19 heavy (non-hydrogen) atoms. The molecule has 0 radical (unpaired) electrons. The number of nitrogens with one attached hydrogen (secondary N) is 1. The number of nitrogens with zero attached hydrogens (tertiary/aromatic N) is 1. The van der Waals surface area contributed by atoms with Crippen LogP contribution in [0.4, 0.5) is 0 Å². The molecule has 0 spiro atoms. The molecule has 1 heterocycles. The van der Waals surface area contributed by atoms with Crippen molar-refractivity contribution in [3.05, 3.63) is 23.2 Å². The van der Waals surface area contributed by atoms with E-state index in [4.69, 9.17) is 4.42 Å². The van der Waals surface area contributed by atoms with Gasteiger partial charge in [0.2, 0.25) is 0 Å². The Morgan fingerprint density at radius 2 is 2.05 bits per heavy atom. The van der Waals surface area contributed by atoms with Gasteiger partial charge in [0.15, 0.2) is 0 Å². The molecule has 0 saturated heterocycles. The van der Waals surface area contributed by atoms with Gasteiger partial charge in [-0.05, 0) is 46.3 Å². The Morgan fingerprint density at radius 3 is 2.68 bits per heavy atom. The van der Waals surface area contributed by atoms with Crippen LogP contribution in [-0.2, 0) is 13.1 Å². The first-order valence-corrected chi connectivity index (χ1v) is 7.57. The van der Waals surface area contributed by atoms with E-state index in [1.807, 2.05) is 0 Å². The molecule has 0 fully saturated rings. The quantitative estimate of drug-likeness (QED) is 0.691. The molecule has 1 aromatic heterocycles. The maximum absolute atomic E-state index is 5.81. The van der Waals surface area contributed by atoms with Gasteiger partial charge in [-0.3, -0.25) is 4.90 Å². The molecule has 0 aromatic carbocycles. The molecule has 0 aliphatic rings. The lowest BCUT2D eigenvalue weighted by Gasteiger charge is -2.23. The molecule has 1 rings (SSSR count). The van der Waals surface area contributed by atoms with E-state index >= 15 is 0 Å². The standard InChI is InChI=1S/C16H30N2O/c1-6-8-13(3)18(5)12-15-10-16(19-14(15)4)11-17-9-7-2/h10,13,17H,6-9,11-12H2,1-5H3. The van der Waals surface area contributed by atoms with Crippen LogP contribution in [0.15, 0.2) is 10.5 Å². The second-order valence-electron chi connectivity index (χ2n) is 5.52. The third-order valence-corrected chi connectivity index (χ3v) is 3.68. The third kappa shape index (κ3) is 5.37. The lowest BCUT2D eigenvalue weighted by molar-refractivity contribution is 0.235. The Morgan fingerprint density at radius 1 is 1.32 bits per heavy atom. The summed E-state index contributed by atoms with van der Waals surface area (Å²) in [6.07, 6.45) is 3.64. The number of furan rings is 1. The number of rotatable bonds is 9. The summed E-state index contributed by atoms with van der Waals surface area (Å²) in [6.45, 7) is 11.6. The summed E-state index contributed by atoms with van der Waals surface area (Å²) >= 11 is 0. The van der Waals surface area contributed by atoms with Crippen LogP contribution in [0.1, 0.15) is 57.1 Å². The van der Waals surface area contributed by atoms with E-state index in [0.29, 0.717) is 6.04 Å². The second-order valence-corrected chi connectivity index (χ2v) is 5.52. The predicted octanol–water partition coefficient (Wildman–Crippen LogP) is 3.71. The van der Waals surface area contributed by atoms with E-state index in [9.17, 15) is 0 Å². The van der Waals surface area contributed by atoms with Gasteiger partial charge in [-0.15, -0.1) is 0 Å². The van der Waals surface area contributed by atoms with Crippen molar-refractivity contribution < 1.29 is 4.42 Å². The summed E-state index contributed by atoms with van der Waals surface area (Å²) in [6, 6.07) is 2.83. The van der Waals surface area contributed by atoms with Gasteiger partial charge in [0.05, 0.1) is 6.54 Å². The molecule has 0 bridgehead atoms. The summed E-state index contributed by atoms with van der Waals surface area (Å²) in [5.41, 5.74) is 1.32. The molecule has 1 unspecified atom stereocenters. The minimum absolute atomic E-state index is 0.626. The SMILES string of the molecule is CCCNCc1cc(CN(C)C(C)CCC)c(C)o1. The summed E-state index contributed by atoms with van der Waals surface area (Å²) in [5.74, 6) is 2.11. The second kappa shape index (κ2) is 8.39. The van der Waals surface area contributed by atoms with Crippen LogP contribution in [0.5, 0.6) is 0 Å². The maximum Gasteiger partial charge on any atom is 0.118 e. The summed E-state index contributed by atoms with van der Waals surface area (Å²) in [5, 5.41) is 3.38. The smallest absolute Gasteiger partial charge is 0.118 e. The normalized spacial score (nSPS) is 13.2. The molecule has 1 atom stereocenters. The molecular formula is C16H30N2O. The first-order valence-electron chi connectivity index (χ1n) is 7.57. The van der Waals surface area contributed by atoms with Crippen molar-refractivity contribution >= 4 is 0 Å². The Balaban J connectivity index is 2.53. The molecule has 110 valence electrons. The molecular weight excluding hydrogens is 236 g/mol. The zero-order chi connectivity index (χ0) is 14.3. The van der Waals surface area contributed by atoms with Crippen molar-refractivity contribution in [2.45, 2.75) is 66.1 Å². The van der Waals surface area contributed by atoms with Crippen molar-refractivity contribution in [3.63, 3.8) is 0 Å². The van der Waals surface area contributed by atoms with Crippen molar-refractivity contribution in [1.82, 2.24) is 10.2 Å². The first kappa shape index (κ1) is 16.3. The minimum Gasteiger partial charge on any atom is -0.465 e. The summed E-state index contributed by atoms with van der Waals surface area (Å²) in [4.78, 5) is 2.41. The highest BCUT2D eigenvalue weighted by Gasteiger charge is 2.13. The number of hydrogen-bond donors (Lipinski definition) is 1. The van der Waals surface area contributed by atoms with E-state index in [-0.39, 0.29) is 0 Å². The highest BCUT2D eigenvalue weighted by Crippen LogP contribution is 2.18. The Kier molecular flexibility index (Phi) is 7.17. The van der Waals surface area contributed by atoms with Gasteiger partial charge in [-0.2, -0.15) is 0 Å². The molecule has 3 heteroatoms. The monoisotopic (exact) mass is 266 g/mol. The van der Waals surface area contributed by atoms with Gasteiger partial charge in [-0.25, -0.2) is 0 Å². The van der Waals surface area contributed by atoms with Gasteiger partial charge in [-0.1, -0.05) is 20.3 Å². The van der Waals surface area contributed by atoms with Crippen LogP contribution < -0.4 is 5.32 Å². The van der Waals surface area contributed by atoms with Crippen molar-refractivity contribution in [2.75, 3.05) is 13.6 Å². The molecule has 0 amide bonds. The van der Waals surface area contributed by atoms with Crippen molar-refractivity contribution in [2.24, 2.45) is 0 Å².